The number of benzene rings is 1. The first-order valence-electron chi connectivity index (χ1n) is 6.35. The summed E-state index contributed by atoms with van der Waals surface area (Å²) in [6.07, 6.45) is 0.604. The van der Waals surface area contributed by atoms with E-state index < -0.39 is 21.4 Å². The second kappa shape index (κ2) is 5.87. The molecule has 0 aliphatic carbocycles. The SMILES string of the molecule is CC1(C(=O)O)CCN(S(=O)(=O)c2ccc(Cl)c(Br)c2)CC1. The number of hydrogen-bond acceptors (Lipinski definition) is 3. The number of carboxylic acid groups (broad SMARTS) is 1. The van der Waals surface area contributed by atoms with Crippen LogP contribution in [0.3, 0.4) is 0 Å². The Morgan fingerprint density at radius 1 is 1.38 bits per heavy atom. The average molecular weight is 397 g/mol. The molecule has 116 valence electrons. The first-order valence-corrected chi connectivity index (χ1v) is 8.96. The van der Waals surface area contributed by atoms with Crippen LogP contribution in [-0.2, 0) is 14.8 Å². The van der Waals surface area contributed by atoms with Gasteiger partial charge in [-0.1, -0.05) is 11.6 Å². The minimum atomic E-state index is -3.63. The second-order valence-corrected chi connectivity index (χ2v) is 8.55. The topological polar surface area (TPSA) is 74.7 Å². The van der Waals surface area contributed by atoms with Gasteiger partial charge in [-0.05, 0) is 53.9 Å². The van der Waals surface area contributed by atoms with Gasteiger partial charge in [-0.2, -0.15) is 4.31 Å². The van der Waals surface area contributed by atoms with E-state index >= 15 is 0 Å². The molecular weight excluding hydrogens is 382 g/mol. The lowest BCUT2D eigenvalue weighted by Crippen LogP contribution is -2.45. The second-order valence-electron chi connectivity index (χ2n) is 5.35. The Labute approximate surface area is 137 Å². The average Bonchev–Trinajstić information content (AvgIpc) is 2.42. The van der Waals surface area contributed by atoms with Gasteiger partial charge in [0.2, 0.25) is 10.0 Å². The van der Waals surface area contributed by atoms with E-state index in [9.17, 15) is 18.3 Å². The largest absolute Gasteiger partial charge is 0.481 e. The molecule has 1 N–H and O–H groups in total. The van der Waals surface area contributed by atoms with Crippen LogP contribution in [0.25, 0.3) is 0 Å². The predicted molar refractivity (Wildman–Crippen MR) is 82.9 cm³/mol. The van der Waals surface area contributed by atoms with Crippen LogP contribution >= 0.6 is 27.5 Å². The van der Waals surface area contributed by atoms with Gasteiger partial charge in [0.25, 0.3) is 0 Å². The van der Waals surface area contributed by atoms with E-state index in [4.69, 9.17) is 11.6 Å². The molecule has 1 aliphatic heterocycles. The van der Waals surface area contributed by atoms with Crippen molar-refractivity contribution in [2.75, 3.05) is 13.1 Å². The van der Waals surface area contributed by atoms with Crippen molar-refractivity contribution in [3.63, 3.8) is 0 Å². The van der Waals surface area contributed by atoms with E-state index in [0.29, 0.717) is 22.3 Å². The van der Waals surface area contributed by atoms with Crippen molar-refractivity contribution in [3.8, 4) is 0 Å². The van der Waals surface area contributed by atoms with Gasteiger partial charge in [-0.3, -0.25) is 4.79 Å². The number of hydrogen-bond donors (Lipinski definition) is 1. The van der Waals surface area contributed by atoms with Gasteiger partial charge in [-0.15, -0.1) is 0 Å². The Bertz CT molecular complexity index is 669. The molecule has 21 heavy (non-hydrogen) atoms. The van der Waals surface area contributed by atoms with Crippen molar-refractivity contribution in [1.29, 1.82) is 0 Å². The van der Waals surface area contributed by atoms with Gasteiger partial charge in [-0.25, -0.2) is 8.42 Å². The van der Waals surface area contributed by atoms with Crippen LogP contribution in [0.4, 0.5) is 0 Å². The van der Waals surface area contributed by atoms with Crippen LogP contribution in [0.5, 0.6) is 0 Å². The molecular formula is C13H15BrClNO4S. The monoisotopic (exact) mass is 395 g/mol. The smallest absolute Gasteiger partial charge is 0.309 e. The Hall–Kier alpha value is -0.630. The highest BCUT2D eigenvalue weighted by Crippen LogP contribution is 2.34. The third kappa shape index (κ3) is 3.26. The van der Waals surface area contributed by atoms with E-state index in [2.05, 4.69) is 15.9 Å². The maximum absolute atomic E-state index is 12.5. The van der Waals surface area contributed by atoms with E-state index in [1.165, 1.54) is 22.5 Å². The predicted octanol–water partition coefficient (Wildman–Crippen LogP) is 2.98. The van der Waals surface area contributed by atoms with E-state index in [1.54, 1.807) is 6.92 Å². The Kier molecular flexibility index (Phi) is 4.68. The highest BCUT2D eigenvalue weighted by atomic mass is 79.9. The quantitative estimate of drug-likeness (QED) is 0.852. The molecule has 0 aromatic heterocycles. The fourth-order valence-electron chi connectivity index (χ4n) is 2.22. The summed E-state index contributed by atoms with van der Waals surface area (Å²) in [5, 5.41) is 9.62. The molecule has 1 heterocycles. The van der Waals surface area contributed by atoms with Crippen LogP contribution in [-0.4, -0.2) is 36.9 Å². The minimum absolute atomic E-state index is 0.151. The van der Waals surface area contributed by atoms with Crippen molar-refractivity contribution in [2.24, 2.45) is 5.41 Å². The molecule has 1 aromatic rings. The minimum Gasteiger partial charge on any atom is -0.481 e. The molecule has 5 nitrogen and oxygen atoms in total. The molecule has 1 aliphatic rings. The molecule has 1 fully saturated rings. The molecule has 0 bridgehead atoms. The third-order valence-electron chi connectivity index (χ3n) is 3.87. The van der Waals surface area contributed by atoms with Gasteiger partial charge in [0.15, 0.2) is 0 Å². The molecule has 1 aromatic carbocycles. The molecule has 2 rings (SSSR count). The molecule has 8 heteroatoms. The fraction of sp³-hybridized carbons (Fsp3) is 0.462. The van der Waals surface area contributed by atoms with Gasteiger partial charge in [0.05, 0.1) is 15.3 Å². The van der Waals surface area contributed by atoms with Crippen LogP contribution in [0.15, 0.2) is 27.6 Å². The number of nitrogens with zero attached hydrogens (tertiary/aromatic N) is 1. The lowest BCUT2D eigenvalue weighted by molar-refractivity contribution is -0.150. The highest BCUT2D eigenvalue weighted by Gasteiger charge is 2.40. The molecule has 0 spiro atoms. The zero-order chi connectivity index (χ0) is 15.8. The molecule has 0 amide bonds. The lowest BCUT2D eigenvalue weighted by atomic mass is 9.81. The highest BCUT2D eigenvalue weighted by molar-refractivity contribution is 9.10. The van der Waals surface area contributed by atoms with Gasteiger partial charge >= 0.3 is 5.97 Å². The number of aliphatic carboxylic acids is 1. The first-order chi connectivity index (χ1) is 9.67. The fourth-order valence-corrected chi connectivity index (χ4v) is 4.34. The summed E-state index contributed by atoms with van der Waals surface area (Å²) in [4.78, 5) is 11.3. The maximum Gasteiger partial charge on any atom is 0.309 e. The summed E-state index contributed by atoms with van der Waals surface area (Å²) in [6.45, 7) is 2.05. The normalized spacial score (nSPS) is 19.4. The number of carbonyl (C=O) groups is 1. The number of halogens is 2. The van der Waals surface area contributed by atoms with Crippen LogP contribution < -0.4 is 0 Å². The Morgan fingerprint density at radius 2 is 1.95 bits per heavy atom. The third-order valence-corrected chi connectivity index (χ3v) is 6.98. The standard InChI is InChI=1S/C13H15BrClNO4S/c1-13(12(17)18)4-6-16(7-5-13)21(19,20)9-2-3-11(15)10(14)8-9/h2-3,8H,4-7H2,1H3,(H,17,18). The van der Waals surface area contributed by atoms with Crippen LogP contribution in [0.1, 0.15) is 19.8 Å². The van der Waals surface area contributed by atoms with E-state index in [-0.39, 0.29) is 18.0 Å². The molecule has 0 atom stereocenters. The van der Waals surface area contributed by atoms with E-state index in [0.717, 1.165) is 0 Å². The van der Waals surface area contributed by atoms with Crippen LogP contribution in [0, 0.1) is 5.41 Å². The van der Waals surface area contributed by atoms with Gasteiger partial charge in [0.1, 0.15) is 0 Å². The van der Waals surface area contributed by atoms with Crippen molar-refractivity contribution in [2.45, 2.75) is 24.7 Å². The van der Waals surface area contributed by atoms with Gasteiger partial charge in [0, 0.05) is 17.6 Å². The van der Waals surface area contributed by atoms with E-state index in [1.807, 2.05) is 0 Å². The first kappa shape index (κ1) is 16.7. The van der Waals surface area contributed by atoms with Crippen molar-refractivity contribution in [1.82, 2.24) is 4.31 Å². The summed E-state index contributed by atoms with van der Waals surface area (Å²) in [7, 11) is -3.63. The number of carboxylic acids is 1. The lowest BCUT2D eigenvalue weighted by Gasteiger charge is -2.35. The summed E-state index contributed by atoms with van der Waals surface area (Å²) >= 11 is 9.08. The van der Waals surface area contributed by atoms with Gasteiger partial charge < -0.3 is 5.11 Å². The zero-order valence-corrected chi connectivity index (χ0v) is 14.5. The number of rotatable bonds is 3. The molecule has 1 saturated heterocycles. The summed E-state index contributed by atoms with van der Waals surface area (Å²) in [5.74, 6) is -0.881. The van der Waals surface area contributed by atoms with Crippen molar-refractivity contribution >= 4 is 43.5 Å². The maximum atomic E-state index is 12.5. The Balaban J connectivity index is 2.22. The van der Waals surface area contributed by atoms with Crippen molar-refractivity contribution in [3.05, 3.63) is 27.7 Å². The number of piperidine rings is 1. The zero-order valence-electron chi connectivity index (χ0n) is 11.3. The Morgan fingerprint density at radius 3 is 2.43 bits per heavy atom. The summed E-state index contributed by atoms with van der Waals surface area (Å²) < 4.78 is 26.9. The summed E-state index contributed by atoms with van der Waals surface area (Å²) in [6, 6.07) is 4.43. The van der Waals surface area contributed by atoms with Crippen LogP contribution in [0.2, 0.25) is 5.02 Å². The molecule has 0 radical (unpaired) electrons. The summed E-state index contributed by atoms with van der Waals surface area (Å²) in [5.41, 5.74) is -0.855. The molecule has 0 saturated carbocycles. The molecule has 0 unspecified atom stereocenters. The van der Waals surface area contributed by atoms with Crippen molar-refractivity contribution < 1.29 is 18.3 Å². The number of sulfonamides is 1.